The summed E-state index contributed by atoms with van der Waals surface area (Å²) in [6, 6.07) is 0.242. The van der Waals surface area contributed by atoms with Crippen LogP contribution in [0.3, 0.4) is 0 Å². The van der Waals surface area contributed by atoms with Gasteiger partial charge in [-0.15, -0.1) is 0 Å². The van der Waals surface area contributed by atoms with Gasteiger partial charge in [-0.05, 0) is 25.7 Å². The van der Waals surface area contributed by atoms with Crippen molar-refractivity contribution in [2.24, 2.45) is 5.92 Å². The number of aromatic nitrogens is 2. The van der Waals surface area contributed by atoms with Gasteiger partial charge in [-0.2, -0.15) is 0 Å². The third kappa shape index (κ3) is 1.77. The van der Waals surface area contributed by atoms with Gasteiger partial charge in [0.25, 0.3) is 5.56 Å². The molecule has 90 valence electrons. The maximum atomic E-state index is 12.0. The van der Waals surface area contributed by atoms with E-state index in [2.05, 4.69) is 32.8 Å². The highest BCUT2D eigenvalue weighted by atomic mass is 16.1. The van der Waals surface area contributed by atoms with Gasteiger partial charge >= 0.3 is 0 Å². The number of hydrogen-bond donors (Lipinski definition) is 2. The molecule has 4 nitrogen and oxygen atoms in total. The Labute approximate surface area is 95.8 Å². The van der Waals surface area contributed by atoms with Gasteiger partial charge in [0.2, 0.25) is 0 Å². The van der Waals surface area contributed by atoms with Crippen LogP contribution in [0.4, 0.5) is 5.69 Å². The van der Waals surface area contributed by atoms with Gasteiger partial charge in [-0.25, -0.2) is 4.68 Å². The fourth-order valence-corrected chi connectivity index (χ4v) is 2.12. The minimum absolute atomic E-state index is 0.0654. The van der Waals surface area contributed by atoms with E-state index in [4.69, 9.17) is 5.73 Å². The van der Waals surface area contributed by atoms with Crippen molar-refractivity contribution in [2.75, 3.05) is 5.73 Å². The Balaban J connectivity index is 2.44. The van der Waals surface area contributed by atoms with Gasteiger partial charge in [0.1, 0.15) is 5.69 Å². The molecular formula is C12H21N3O. The molecule has 1 unspecified atom stereocenters. The summed E-state index contributed by atoms with van der Waals surface area (Å²) in [7, 11) is 0. The number of nitrogens with one attached hydrogen (secondary N) is 1. The molecule has 1 heterocycles. The van der Waals surface area contributed by atoms with E-state index in [0.717, 1.165) is 5.69 Å². The Kier molecular flexibility index (Phi) is 2.40. The van der Waals surface area contributed by atoms with Crippen LogP contribution in [0, 0.1) is 5.92 Å². The van der Waals surface area contributed by atoms with Gasteiger partial charge < -0.3 is 5.73 Å². The molecule has 4 heteroatoms. The maximum Gasteiger partial charge on any atom is 0.290 e. The highest BCUT2D eigenvalue weighted by Crippen LogP contribution is 2.39. The lowest BCUT2D eigenvalue weighted by Crippen LogP contribution is -2.23. The fraction of sp³-hybridized carbons (Fsp3) is 0.750. The highest BCUT2D eigenvalue weighted by Gasteiger charge is 2.32. The zero-order chi connectivity index (χ0) is 12.1. The number of anilines is 1. The third-order valence-corrected chi connectivity index (χ3v) is 3.41. The molecule has 0 saturated heterocycles. The second-order valence-electron chi connectivity index (χ2n) is 5.90. The molecule has 0 radical (unpaired) electrons. The van der Waals surface area contributed by atoms with Crippen molar-refractivity contribution < 1.29 is 0 Å². The lowest BCUT2D eigenvalue weighted by atomic mass is 9.91. The van der Waals surface area contributed by atoms with Crippen molar-refractivity contribution in [3.05, 3.63) is 16.0 Å². The number of aromatic amines is 1. The molecule has 2 rings (SSSR count). The van der Waals surface area contributed by atoms with Crippen LogP contribution >= 0.6 is 0 Å². The maximum absolute atomic E-state index is 12.0. The second-order valence-corrected chi connectivity index (χ2v) is 5.90. The molecule has 1 fully saturated rings. The fourth-order valence-electron chi connectivity index (χ4n) is 2.12. The first-order valence-electron chi connectivity index (χ1n) is 5.93. The van der Waals surface area contributed by atoms with Gasteiger partial charge in [0.05, 0.1) is 11.7 Å². The summed E-state index contributed by atoms with van der Waals surface area (Å²) in [6.07, 6.45) is 2.44. The summed E-state index contributed by atoms with van der Waals surface area (Å²) in [6.45, 7) is 8.25. The largest absolute Gasteiger partial charge is 0.393 e. The number of nitrogens with zero attached hydrogens (tertiary/aromatic N) is 1. The molecule has 0 aliphatic heterocycles. The average molecular weight is 223 g/mol. The van der Waals surface area contributed by atoms with Crippen LogP contribution in [0.2, 0.25) is 0 Å². The van der Waals surface area contributed by atoms with Crippen LogP contribution in [0.1, 0.15) is 52.3 Å². The molecule has 0 spiro atoms. The van der Waals surface area contributed by atoms with Gasteiger partial charge in [0, 0.05) is 5.41 Å². The molecule has 1 aromatic heterocycles. The Morgan fingerprint density at radius 1 is 1.44 bits per heavy atom. The lowest BCUT2D eigenvalue weighted by Gasteiger charge is -2.17. The van der Waals surface area contributed by atoms with Crippen molar-refractivity contribution in [1.29, 1.82) is 0 Å². The Bertz CT molecular complexity index is 446. The van der Waals surface area contributed by atoms with Crippen molar-refractivity contribution in [3.8, 4) is 0 Å². The van der Waals surface area contributed by atoms with E-state index in [-0.39, 0.29) is 17.0 Å². The number of nitrogens with two attached hydrogens (primary N) is 1. The first-order valence-corrected chi connectivity index (χ1v) is 5.93. The summed E-state index contributed by atoms with van der Waals surface area (Å²) in [5, 5.41) is 3.19. The van der Waals surface area contributed by atoms with Gasteiger partial charge in [-0.1, -0.05) is 20.8 Å². The van der Waals surface area contributed by atoms with E-state index in [1.54, 1.807) is 4.68 Å². The lowest BCUT2D eigenvalue weighted by molar-refractivity contribution is 0.417. The third-order valence-electron chi connectivity index (χ3n) is 3.41. The van der Waals surface area contributed by atoms with Crippen LogP contribution in [0.25, 0.3) is 0 Å². The van der Waals surface area contributed by atoms with Crippen LogP contribution < -0.4 is 11.3 Å². The summed E-state index contributed by atoms with van der Waals surface area (Å²) >= 11 is 0. The number of H-pyrrole nitrogens is 1. The first-order chi connectivity index (χ1) is 7.32. The smallest absolute Gasteiger partial charge is 0.290 e. The van der Waals surface area contributed by atoms with Gasteiger partial charge in [-0.3, -0.25) is 9.89 Å². The first kappa shape index (κ1) is 11.3. The minimum Gasteiger partial charge on any atom is -0.393 e. The summed E-state index contributed by atoms with van der Waals surface area (Å²) in [5.74, 6) is 0.642. The predicted molar refractivity (Wildman–Crippen MR) is 65.6 cm³/mol. The molecule has 16 heavy (non-hydrogen) atoms. The van der Waals surface area contributed by atoms with Crippen LogP contribution in [0.15, 0.2) is 4.79 Å². The molecule has 1 aliphatic rings. The van der Waals surface area contributed by atoms with Crippen LogP contribution in [0.5, 0.6) is 0 Å². The van der Waals surface area contributed by atoms with E-state index in [1.807, 2.05) is 0 Å². The van der Waals surface area contributed by atoms with E-state index in [0.29, 0.717) is 11.6 Å². The monoisotopic (exact) mass is 223 g/mol. The van der Waals surface area contributed by atoms with E-state index < -0.39 is 0 Å². The summed E-state index contributed by atoms with van der Waals surface area (Å²) < 4.78 is 1.70. The van der Waals surface area contributed by atoms with E-state index in [9.17, 15) is 4.79 Å². The van der Waals surface area contributed by atoms with E-state index in [1.165, 1.54) is 12.8 Å². The molecule has 1 atom stereocenters. The second kappa shape index (κ2) is 3.40. The SMILES string of the molecule is CC(C1CC1)n1[nH]c(C(C)(C)C)c(N)c1=O. The number of hydrogen-bond acceptors (Lipinski definition) is 2. The van der Waals surface area contributed by atoms with Crippen LogP contribution in [-0.4, -0.2) is 9.78 Å². The molecule has 1 saturated carbocycles. The van der Waals surface area contributed by atoms with Gasteiger partial charge in [0.15, 0.2) is 0 Å². The van der Waals surface area contributed by atoms with Crippen LogP contribution in [-0.2, 0) is 5.41 Å². The molecule has 3 N–H and O–H groups in total. The Morgan fingerprint density at radius 3 is 2.38 bits per heavy atom. The molecular weight excluding hydrogens is 202 g/mol. The summed E-state index contributed by atoms with van der Waals surface area (Å²) in [4.78, 5) is 12.0. The van der Waals surface area contributed by atoms with Crippen molar-refractivity contribution in [2.45, 2.75) is 52.0 Å². The topological polar surface area (TPSA) is 63.8 Å². The standard InChI is InChI=1S/C12H21N3O/c1-7(8-5-6-8)15-11(16)9(13)10(14-15)12(2,3)4/h7-8,14H,5-6,13H2,1-4H3. The number of rotatable bonds is 2. The average Bonchev–Trinajstić information content (AvgIpc) is 2.94. The molecule has 0 aromatic carbocycles. The minimum atomic E-state index is -0.113. The zero-order valence-electron chi connectivity index (χ0n) is 10.5. The molecule has 0 bridgehead atoms. The molecule has 1 aromatic rings. The van der Waals surface area contributed by atoms with Crippen molar-refractivity contribution >= 4 is 5.69 Å². The number of nitrogen functional groups attached to an aromatic ring is 1. The Morgan fingerprint density at radius 2 is 2.00 bits per heavy atom. The molecule has 1 aliphatic carbocycles. The van der Waals surface area contributed by atoms with E-state index >= 15 is 0 Å². The predicted octanol–water partition coefficient (Wildman–Crippen LogP) is 2.03. The molecule has 0 amide bonds. The Hall–Kier alpha value is -1.19. The highest BCUT2D eigenvalue weighted by molar-refractivity contribution is 5.44. The quantitative estimate of drug-likeness (QED) is 0.805. The van der Waals surface area contributed by atoms with Crippen molar-refractivity contribution in [3.63, 3.8) is 0 Å². The normalized spacial score (nSPS) is 18.8. The zero-order valence-corrected chi connectivity index (χ0v) is 10.5. The summed E-state index contributed by atoms with van der Waals surface area (Å²) in [5.41, 5.74) is 6.93. The van der Waals surface area contributed by atoms with Crippen molar-refractivity contribution in [1.82, 2.24) is 9.78 Å².